The molecule has 1 rings (SSSR count). The highest BCUT2D eigenvalue weighted by atomic mass is 14.7. The van der Waals surface area contributed by atoms with Gasteiger partial charge in [0.1, 0.15) is 0 Å². The summed E-state index contributed by atoms with van der Waals surface area (Å²) < 4.78 is 0. The molecule has 0 heterocycles. The van der Waals surface area contributed by atoms with Crippen LogP contribution in [0.15, 0.2) is 29.3 Å². The van der Waals surface area contributed by atoms with Crippen LogP contribution in [0, 0.1) is 18.3 Å². The monoisotopic (exact) mass is 186 g/mol. The van der Waals surface area contributed by atoms with Crippen molar-refractivity contribution in [2.24, 2.45) is 4.99 Å². The Morgan fingerprint density at radius 2 is 2.36 bits per heavy atom. The number of hydrogen-bond acceptors (Lipinski definition) is 2. The van der Waals surface area contributed by atoms with Crippen LogP contribution < -0.4 is 0 Å². The van der Waals surface area contributed by atoms with Gasteiger partial charge < -0.3 is 0 Å². The molecule has 0 amide bonds. The van der Waals surface area contributed by atoms with E-state index in [4.69, 9.17) is 5.26 Å². The summed E-state index contributed by atoms with van der Waals surface area (Å²) in [5.41, 5.74) is 2.37. The van der Waals surface area contributed by atoms with Crippen molar-refractivity contribution in [3.8, 4) is 6.07 Å². The summed E-state index contributed by atoms with van der Waals surface area (Å²) in [7, 11) is 0. The number of aliphatic imine (C=N–C) groups is 1. The minimum atomic E-state index is 0.588. The third-order valence-corrected chi connectivity index (χ3v) is 1.86. The fraction of sp³-hybridized carbons (Fsp3) is 0.333. The van der Waals surface area contributed by atoms with Crippen LogP contribution in [0.25, 0.3) is 0 Å². The first kappa shape index (κ1) is 10.5. The maximum Gasteiger partial charge on any atom is 0.0622 e. The fourth-order valence-electron chi connectivity index (χ4n) is 1.17. The van der Waals surface area contributed by atoms with Crippen molar-refractivity contribution < 1.29 is 0 Å². The third kappa shape index (κ3) is 3.86. The Morgan fingerprint density at radius 1 is 1.50 bits per heavy atom. The van der Waals surface area contributed by atoms with E-state index in [1.54, 1.807) is 0 Å². The van der Waals surface area contributed by atoms with Crippen LogP contribution in [0.2, 0.25) is 0 Å². The first-order valence-electron chi connectivity index (χ1n) is 4.76. The first-order valence-corrected chi connectivity index (χ1v) is 4.76. The molecule has 0 spiro atoms. The normalized spacial score (nSPS) is 10.3. The van der Waals surface area contributed by atoms with E-state index in [-0.39, 0.29) is 0 Å². The lowest BCUT2D eigenvalue weighted by molar-refractivity contribution is 0.866. The summed E-state index contributed by atoms with van der Waals surface area (Å²) in [5, 5.41) is 8.32. The molecule has 0 N–H and O–H groups in total. The number of hydrogen-bond donors (Lipinski definition) is 0. The zero-order chi connectivity index (χ0) is 10.2. The Morgan fingerprint density at radius 3 is 3.07 bits per heavy atom. The van der Waals surface area contributed by atoms with E-state index in [2.05, 4.69) is 30.1 Å². The topological polar surface area (TPSA) is 36.1 Å². The van der Waals surface area contributed by atoms with Gasteiger partial charge in [-0.25, -0.2) is 0 Å². The quantitative estimate of drug-likeness (QED) is 0.526. The number of aryl methyl sites for hydroxylation is 1. The maximum absolute atomic E-state index is 8.32. The van der Waals surface area contributed by atoms with E-state index in [9.17, 15) is 0 Å². The Labute approximate surface area is 84.9 Å². The second kappa shape index (κ2) is 5.93. The lowest BCUT2D eigenvalue weighted by Crippen LogP contribution is -1.85. The summed E-state index contributed by atoms with van der Waals surface area (Å²) in [6.45, 7) is 2.80. The number of nitrogens with zero attached hydrogens (tertiary/aromatic N) is 2. The highest BCUT2D eigenvalue weighted by Crippen LogP contribution is 2.01. The molecule has 2 heteroatoms. The van der Waals surface area contributed by atoms with E-state index in [0.717, 1.165) is 18.5 Å². The molecular weight excluding hydrogens is 172 g/mol. The van der Waals surface area contributed by atoms with Gasteiger partial charge in [-0.2, -0.15) is 5.26 Å². The van der Waals surface area contributed by atoms with Crippen LogP contribution >= 0.6 is 0 Å². The summed E-state index contributed by atoms with van der Waals surface area (Å²) in [5.74, 6) is 0. The lowest BCUT2D eigenvalue weighted by atomic mass is 10.1. The summed E-state index contributed by atoms with van der Waals surface area (Å²) in [4.78, 5) is 4.24. The Balaban J connectivity index is 2.41. The van der Waals surface area contributed by atoms with E-state index in [0.29, 0.717) is 6.42 Å². The summed E-state index contributed by atoms with van der Waals surface area (Å²) in [6.07, 6.45) is 3.30. The zero-order valence-corrected chi connectivity index (χ0v) is 8.40. The van der Waals surface area contributed by atoms with Crippen molar-refractivity contribution in [3.63, 3.8) is 0 Å². The molecule has 0 radical (unpaired) electrons. The van der Waals surface area contributed by atoms with Crippen molar-refractivity contribution in [2.45, 2.75) is 19.8 Å². The minimum absolute atomic E-state index is 0.588. The predicted octanol–water partition coefficient (Wildman–Crippen LogP) is 2.72. The molecule has 0 saturated heterocycles. The molecule has 0 aliphatic carbocycles. The molecule has 0 aliphatic rings. The zero-order valence-electron chi connectivity index (χ0n) is 8.40. The lowest BCUT2D eigenvalue weighted by Gasteiger charge is -1.94. The average Bonchev–Trinajstić information content (AvgIpc) is 2.18. The molecule has 1 aromatic rings. The first-order chi connectivity index (χ1) is 6.83. The van der Waals surface area contributed by atoms with Crippen molar-refractivity contribution in [3.05, 3.63) is 35.4 Å². The van der Waals surface area contributed by atoms with Gasteiger partial charge in [0.15, 0.2) is 0 Å². The highest BCUT2D eigenvalue weighted by molar-refractivity contribution is 5.79. The smallest absolute Gasteiger partial charge is 0.0622 e. The van der Waals surface area contributed by atoms with Gasteiger partial charge in [-0.05, 0) is 18.9 Å². The van der Waals surface area contributed by atoms with Crippen LogP contribution in [0.3, 0.4) is 0 Å². The molecule has 0 saturated carbocycles. The molecule has 1 aromatic carbocycles. The summed E-state index contributed by atoms with van der Waals surface area (Å²) in [6, 6.07) is 10.3. The van der Waals surface area contributed by atoms with E-state index in [1.165, 1.54) is 5.56 Å². The predicted molar refractivity (Wildman–Crippen MR) is 58.5 cm³/mol. The van der Waals surface area contributed by atoms with Gasteiger partial charge in [0.25, 0.3) is 0 Å². The van der Waals surface area contributed by atoms with Crippen molar-refractivity contribution >= 4 is 6.21 Å². The molecule has 0 bridgehead atoms. The fourth-order valence-corrected chi connectivity index (χ4v) is 1.17. The van der Waals surface area contributed by atoms with Crippen LogP contribution in [-0.2, 0) is 0 Å². The number of benzene rings is 1. The molecule has 0 atom stereocenters. The van der Waals surface area contributed by atoms with Gasteiger partial charge in [-0.3, -0.25) is 4.99 Å². The van der Waals surface area contributed by atoms with E-state index < -0.39 is 0 Å². The summed E-state index contributed by atoms with van der Waals surface area (Å²) >= 11 is 0. The maximum atomic E-state index is 8.32. The van der Waals surface area contributed by atoms with Crippen molar-refractivity contribution in [1.29, 1.82) is 5.26 Å². The minimum Gasteiger partial charge on any atom is -0.293 e. The molecule has 0 aromatic heterocycles. The Kier molecular flexibility index (Phi) is 4.43. The largest absolute Gasteiger partial charge is 0.293 e. The van der Waals surface area contributed by atoms with Gasteiger partial charge >= 0.3 is 0 Å². The molecule has 0 fully saturated rings. The van der Waals surface area contributed by atoms with Crippen LogP contribution in [-0.4, -0.2) is 12.8 Å². The van der Waals surface area contributed by atoms with Crippen LogP contribution in [0.1, 0.15) is 24.0 Å². The van der Waals surface area contributed by atoms with Crippen molar-refractivity contribution in [1.82, 2.24) is 0 Å². The number of unbranched alkanes of at least 4 members (excludes halogenated alkanes) is 1. The molecule has 14 heavy (non-hydrogen) atoms. The SMILES string of the molecule is Cc1cccc(C=NCCCC#N)c1. The standard InChI is InChI=1S/C12H14N2/c1-11-5-4-6-12(9-11)10-14-8-3-2-7-13/h4-6,9-10H,2-3,8H2,1H3. The third-order valence-electron chi connectivity index (χ3n) is 1.86. The van der Waals surface area contributed by atoms with Crippen LogP contribution in [0.5, 0.6) is 0 Å². The van der Waals surface area contributed by atoms with Gasteiger partial charge in [0, 0.05) is 19.2 Å². The molecule has 0 aliphatic heterocycles. The van der Waals surface area contributed by atoms with E-state index in [1.807, 2.05) is 18.3 Å². The highest BCUT2D eigenvalue weighted by Gasteiger charge is 1.87. The van der Waals surface area contributed by atoms with Gasteiger partial charge in [0.2, 0.25) is 0 Å². The number of rotatable bonds is 4. The number of nitriles is 1. The van der Waals surface area contributed by atoms with E-state index >= 15 is 0 Å². The van der Waals surface area contributed by atoms with Crippen molar-refractivity contribution in [2.75, 3.05) is 6.54 Å². The molecule has 72 valence electrons. The Hall–Kier alpha value is -1.62. The van der Waals surface area contributed by atoms with Gasteiger partial charge in [-0.15, -0.1) is 0 Å². The Bertz CT molecular complexity index is 348. The second-order valence-corrected chi connectivity index (χ2v) is 3.21. The molecular formula is C12H14N2. The molecule has 0 unspecified atom stereocenters. The van der Waals surface area contributed by atoms with Gasteiger partial charge in [0.05, 0.1) is 6.07 Å². The average molecular weight is 186 g/mol. The van der Waals surface area contributed by atoms with Gasteiger partial charge in [-0.1, -0.05) is 29.8 Å². The molecule has 2 nitrogen and oxygen atoms in total. The van der Waals surface area contributed by atoms with Crippen LogP contribution in [0.4, 0.5) is 0 Å². The second-order valence-electron chi connectivity index (χ2n) is 3.21.